The van der Waals surface area contributed by atoms with E-state index in [4.69, 9.17) is 9.31 Å². The summed E-state index contributed by atoms with van der Waals surface area (Å²) in [4.78, 5) is 12.6. The number of Topliss-reactive ketones (excluding diaryl/α,β-unsaturated/α-hetero) is 1. The molecule has 2 bridgehead atoms. The Morgan fingerprint density at radius 2 is 1.50 bits per heavy atom. The van der Waals surface area contributed by atoms with Crippen LogP contribution >= 0.6 is 0 Å². The average molecular weight is 328 g/mol. The zero-order valence-corrected chi connectivity index (χ0v) is 14.6. The van der Waals surface area contributed by atoms with E-state index < -0.39 is 28.2 Å². The molecule has 2 atom stereocenters. The van der Waals surface area contributed by atoms with E-state index in [1.165, 1.54) is 0 Å². The monoisotopic (exact) mass is 328 g/mol. The number of fused-ring (bicyclic) bond motifs is 2. The van der Waals surface area contributed by atoms with Gasteiger partial charge >= 0.3 is 7.12 Å². The molecule has 0 N–H and O–H groups in total. The smallest absolute Gasteiger partial charge is 0.403 e. The van der Waals surface area contributed by atoms with Crippen molar-refractivity contribution >= 4 is 22.7 Å². The van der Waals surface area contributed by atoms with Crippen LogP contribution < -0.4 is 0 Å². The Morgan fingerprint density at radius 1 is 1.05 bits per heavy atom. The Labute approximate surface area is 133 Å². The fourth-order valence-electron chi connectivity index (χ4n) is 3.85. The Morgan fingerprint density at radius 3 is 1.95 bits per heavy atom. The first-order chi connectivity index (χ1) is 10.0. The summed E-state index contributed by atoms with van der Waals surface area (Å²) in [6.07, 6.45) is 2.62. The molecule has 2 unspecified atom stereocenters. The molecule has 3 aliphatic rings. The Hall–Kier alpha value is -0.395. The fourth-order valence-corrected chi connectivity index (χ4v) is 6.32. The number of hydrogen-bond acceptors (Lipinski definition) is 5. The molecule has 0 aromatic carbocycles. The molecule has 0 aliphatic carbocycles. The molecule has 3 fully saturated rings. The lowest BCUT2D eigenvalue weighted by Crippen LogP contribution is -2.41. The maximum Gasteiger partial charge on any atom is 0.465 e. The van der Waals surface area contributed by atoms with E-state index in [1.54, 1.807) is 0 Å². The van der Waals surface area contributed by atoms with Gasteiger partial charge in [0.2, 0.25) is 0 Å². The second-order valence-corrected chi connectivity index (χ2v) is 10.4. The molecular formula is C15H25BO5S. The third-order valence-corrected chi connectivity index (χ3v) is 8.67. The van der Waals surface area contributed by atoms with E-state index >= 15 is 0 Å². The number of hydrogen-bond donors (Lipinski definition) is 0. The van der Waals surface area contributed by atoms with Gasteiger partial charge in [-0.3, -0.25) is 4.79 Å². The Kier molecular flexibility index (Phi) is 3.78. The van der Waals surface area contributed by atoms with Gasteiger partial charge in [-0.1, -0.05) is 0 Å². The number of carbonyl (C=O) groups excluding carboxylic acids is 1. The topological polar surface area (TPSA) is 69.7 Å². The molecule has 0 aromatic rings. The highest BCUT2D eigenvalue weighted by molar-refractivity contribution is 7.93. The van der Waals surface area contributed by atoms with Gasteiger partial charge in [-0.2, -0.15) is 0 Å². The highest BCUT2D eigenvalue weighted by Crippen LogP contribution is 2.43. The first-order valence-corrected chi connectivity index (χ1v) is 9.75. The minimum Gasteiger partial charge on any atom is -0.403 e. The van der Waals surface area contributed by atoms with Gasteiger partial charge in [-0.15, -0.1) is 0 Å². The molecule has 3 rings (SSSR count). The lowest BCUT2D eigenvalue weighted by molar-refractivity contribution is -0.121. The second-order valence-electron chi connectivity index (χ2n) is 7.94. The van der Waals surface area contributed by atoms with Gasteiger partial charge in [0, 0.05) is 12.2 Å². The summed E-state index contributed by atoms with van der Waals surface area (Å²) in [7, 11) is -3.49. The van der Waals surface area contributed by atoms with Crippen molar-refractivity contribution in [3.63, 3.8) is 0 Å². The Bertz CT molecular complexity index is 547. The SMILES string of the molecule is CC1(C)OB(CC(=O)C2CC3CCC(C2)S3(=O)=O)OC1(C)C. The number of carbonyl (C=O) groups is 1. The van der Waals surface area contributed by atoms with Crippen LogP contribution in [0.15, 0.2) is 0 Å². The zero-order valence-electron chi connectivity index (χ0n) is 13.8. The van der Waals surface area contributed by atoms with Gasteiger partial charge in [0.1, 0.15) is 5.78 Å². The summed E-state index contributed by atoms with van der Waals surface area (Å²) >= 11 is 0. The predicted octanol–water partition coefficient (Wildman–Crippen LogP) is 2.00. The van der Waals surface area contributed by atoms with Gasteiger partial charge < -0.3 is 9.31 Å². The highest BCUT2D eigenvalue weighted by atomic mass is 32.2. The number of ketones is 1. The molecule has 0 aromatic heterocycles. The molecule has 0 amide bonds. The van der Waals surface area contributed by atoms with Crippen LogP contribution in [0.5, 0.6) is 0 Å². The van der Waals surface area contributed by atoms with Crippen molar-refractivity contribution < 1.29 is 22.5 Å². The first kappa shape index (κ1) is 16.5. The number of sulfone groups is 1. The summed E-state index contributed by atoms with van der Waals surface area (Å²) in [5, 5.41) is -0.614. The van der Waals surface area contributed by atoms with Crippen molar-refractivity contribution in [1.29, 1.82) is 0 Å². The van der Waals surface area contributed by atoms with Crippen LogP contribution in [0.1, 0.15) is 53.4 Å². The van der Waals surface area contributed by atoms with E-state index in [0.29, 0.717) is 25.7 Å². The van der Waals surface area contributed by atoms with Crippen molar-refractivity contribution in [2.45, 2.75) is 81.4 Å². The molecule has 7 heteroatoms. The lowest BCUT2D eigenvalue weighted by atomic mass is 9.77. The average Bonchev–Trinajstić information content (AvgIpc) is 2.68. The van der Waals surface area contributed by atoms with E-state index in [0.717, 1.165) is 0 Å². The largest absolute Gasteiger partial charge is 0.465 e. The molecule has 0 spiro atoms. The van der Waals surface area contributed by atoms with Gasteiger partial charge in [-0.05, 0) is 53.4 Å². The van der Waals surface area contributed by atoms with Crippen molar-refractivity contribution in [2.75, 3.05) is 0 Å². The van der Waals surface area contributed by atoms with Crippen LogP contribution in [0.3, 0.4) is 0 Å². The molecule has 3 saturated heterocycles. The summed E-state index contributed by atoms with van der Waals surface area (Å²) in [5.41, 5.74) is -0.875. The van der Waals surface area contributed by atoms with Crippen molar-refractivity contribution in [3.05, 3.63) is 0 Å². The third-order valence-electron chi connectivity index (χ3n) is 5.96. The first-order valence-electron chi connectivity index (χ1n) is 8.14. The van der Waals surface area contributed by atoms with Crippen LogP contribution in [0.2, 0.25) is 6.32 Å². The normalized spacial score (nSPS) is 38.2. The van der Waals surface area contributed by atoms with E-state index in [9.17, 15) is 13.2 Å². The van der Waals surface area contributed by atoms with Crippen LogP contribution in [0, 0.1) is 5.92 Å². The van der Waals surface area contributed by atoms with Crippen molar-refractivity contribution in [3.8, 4) is 0 Å². The van der Waals surface area contributed by atoms with E-state index in [1.807, 2.05) is 27.7 Å². The van der Waals surface area contributed by atoms with Crippen LogP contribution in [-0.2, 0) is 23.9 Å². The molecule has 3 heterocycles. The standard InChI is InChI=1S/C15H25BO5S/c1-14(2)15(3,4)21-16(20-14)9-13(17)10-7-11-5-6-12(8-10)22(11,18)19/h10-12H,5-9H2,1-4H3. The summed E-state index contributed by atoms with van der Waals surface area (Å²) in [5.74, 6) is -0.0645. The third kappa shape index (κ3) is 2.55. The molecule has 5 nitrogen and oxygen atoms in total. The van der Waals surface area contributed by atoms with Gasteiger partial charge in [0.05, 0.1) is 21.7 Å². The van der Waals surface area contributed by atoms with E-state index in [-0.39, 0.29) is 28.5 Å². The maximum atomic E-state index is 12.6. The number of rotatable bonds is 3. The van der Waals surface area contributed by atoms with Crippen LogP contribution in [0.25, 0.3) is 0 Å². The van der Waals surface area contributed by atoms with E-state index in [2.05, 4.69) is 0 Å². The van der Waals surface area contributed by atoms with Crippen molar-refractivity contribution in [1.82, 2.24) is 0 Å². The second kappa shape index (κ2) is 5.05. The summed E-state index contributed by atoms with van der Waals surface area (Å²) < 4.78 is 35.9. The minimum atomic E-state index is -2.97. The summed E-state index contributed by atoms with van der Waals surface area (Å²) in [6, 6.07) is 0. The van der Waals surface area contributed by atoms with Crippen LogP contribution in [0.4, 0.5) is 0 Å². The molecular weight excluding hydrogens is 303 g/mol. The summed E-state index contributed by atoms with van der Waals surface area (Å²) in [6.45, 7) is 7.85. The van der Waals surface area contributed by atoms with Gasteiger partial charge in [-0.25, -0.2) is 8.42 Å². The minimum absolute atomic E-state index is 0.0882. The van der Waals surface area contributed by atoms with Gasteiger partial charge in [0.25, 0.3) is 0 Å². The predicted molar refractivity (Wildman–Crippen MR) is 84.3 cm³/mol. The maximum absolute atomic E-state index is 12.6. The molecule has 22 heavy (non-hydrogen) atoms. The fraction of sp³-hybridized carbons (Fsp3) is 0.933. The Balaban J connectivity index is 1.63. The van der Waals surface area contributed by atoms with Gasteiger partial charge in [0.15, 0.2) is 9.84 Å². The zero-order chi connectivity index (χ0) is 16.3. The molecule has 0 saturated carbocycles. The lowest BCUT2D eigenvalue weighted by Gasteiger charge is -2.32. The molecule has 124 valence electrons. The highest BCUT2D eigenvalue weighted by Gasteiger charge is 2.53. The quantitative estimate of drug-likeness (QED) is 0.741. The molecule has 3 aliphatic heterocycles. The van der Waals surface area contributed by atoms with Crippen LogP contribution in [-0.4, -0.2) is 43.0 Å². The van der Waals surface area contributed by atoms with Crippen molar-refractivity contribution in [2.24, 2.45) is 5.92 Å². The molecule has 0 radical (unpaired) electrons.